The molecular formula is C12H15N3O2. The quantitative estimate of drug-likeness (QED) is 0.704. The number of ether oxygens (including phenoxy) is 1. The smallest absolute Gasteiger partial charge is 0.270 e. The van der Waals surface area contributed by atoms with Gasteiger partial charge in [0.2, 0.25) is 0 Å². The fourth-order valence-corrected chi connectivity index (χ4v) is 1.96. The summed E-state index contributed by atoms with van der Waals surface area (Å²) in [5, 5.41) is 9.12. The predicted molar refractivity (Wildman–Crippen MR) is 64.2 cm³/mol. The van der Waals surface area contributed by atoms with E-state index in [0.29, 0.717) is 13.2 Å². The van der Waals surface area contributed by atoms with Crippen molar-refractivity contribution in [3.63, 3.8) is 0 Å². The molecule has 0 atom stereocenters. The van der Waals surface area contributed by atoms with Gasteiger partial charge in [-0.25, -0.2) is 0 Å². The molecule has 1 fully saturated rings. The molecule has 2 heterocycles. The van der Waals surface area contributed by atoms with Crippen LogP contribution in [-0.4, -0.2) is 30.9 Å². The minimum atomic E-state index is -0.228. The summed E-state index contributed by atoms with van der Waals surface area (Å²) in [6.45, 7) is 4.59. The molecular weight excluding hydrogens is 218 g/mol. The minimum Gasteiger partial charge on any atom is -0.378 e. The molecule has 1 aliphatic heterocycles. The van der Waals surface area contributed by atoms with Crippen molar-refractivity contribution in [1.82, 2.24) is 4.57 Å². The number of nitriles is 1. The van der Waals surface area contributed by atoms with E-state index in [0.717, 1.165) is 24.5 Å². The van der Waals surface area contributed by atoms with Crippen LogP contribution in [0.25, 0.3) is 0 Å². The second kappa shape index (κ2) is 4.60. The van der Waals surface area contributed by atoms with Crippen LogP contribution in [0.3, 0.4) is 0 Å². The molecule has 1 saturated heterocycles. The molecule has 5 nitrogen and oxygen atoms in total. The standard InChI is InChI=1S/C12H15N3O2/c1-9-7-11(15-3-5-17-6-4-15)10(8-13)12(16)14(9)2/h7H,3-6H2,1-2H3. The average molecular weight is 233 g/mol. The van der Waals surface area contributed by atoms with Crippen LogP contribution >= 0.6 is 0 Å². The molecule has 2 rings (SSSR count). The Kier molecular flexibility index (Phi) is 3.16. The average Bonchev–Trinajstić information content (AvgIpc) is 2.36. The van der Waals surface area contributed by atoms with Crippen LogP contribution in [0.4, 0.5) is 5.69 Å². The molecule has 0 N–H and O–H groups in total. The van der Waals surface area contributed by atoms with Gasteiger partial charge < -0.3 is 14.2 Å². The fourth-order valence-electron chi connectivity index (χ4n) is 1.96. The molecule has 1 aromatic rings. The summed E-state index contributed by atoms with van der Waals surface area (Å²) in [5.41, 5.74) is 1.58. The van der Waals surface area contributed by atoms with Gasteiger partial charge in [-0.1, -0.05) is 0 Å². The first-order valence-electron chi connectivity index (χ1n) is 5.58. The normalized spacial score (nSPS) is 15.7. The number of anilines is 1. The third-order valence-electron chi connectivity index (χ3n) is 3.11. The van der Waals surface area contributed by atoms with E-state index in [4.69, 9.17) is 10.00 Å². The molecule has 17 heavy (non-hydrogen) atoms. The van der Waals surface area contributed by atoms with Gasteiger partial charge >= 0.3 is 0 Å². The molecule has 0 radical (unpaired) electrons. The summed E-state index contributed by atoms with van der Waals surface area (Å²) in [5.74, 6) is 0. The fraction of sp³-hybridized carbons (Fsp3) is 0.500. The van der Waals surface area contributed by atoms with Gasteiger partial charge in [-0.05, 0) is 13.0 Å². The lowest BCUT2D eigenvalue weighted by Crippen LogP contribution is -2.38. The molecule has 1 aromatic heterocycles. The van der Waals surface area contributed by atoms with Gasteiger partial charge in [-0.15, -0.1) is 0 Å². The van der Waals surface area contributed by atoms with Crippen molar-refractivity contribution in [2.75, 3.05) is 31.2 Å². The molecule has 5 heteroatoms. The Morgan fingerprint density at radius 1 is 1.41 bits per heavy atom. The Hall–Kier alpha value is -1.80. The lowest BCUT2D eigenvalue weighted by atomic mass is 10.2. The zero-order chi connectivity index (χ0) is 12.4. The molecule has 90 valence electrons. The number of hydrogen-bond donors (Lipinski definition) is 0. The molecule has 0 unspecified atom stereocenters. The summed E-state index contributed by atoms with van der Waals surface area (Å²) >= 11 is 0. The van der Waals surface area contributed by atoms with Gasteiger partial charge in [0.1, 0.15) is 11.6 Å². The van der Waals surface area contributed by atoms with Gasteiger partial charge in [0.05, 0.1) is 18.9 Å². The Morgan fingerprint density at radius 3 is 2.65 bits per heavy atom. The Bertz CT molecular complexity index is 522. The maximum atomic E-state index is 12.0. The maximum absolute atomic E-state index is 12.0. The van der Waals surface area contributed by atoms with Crippen molar-refractivity contribution >= 4 is 5.69 Å². The highest BCUT2D eigenvalue weighted by molar-refractivity contribution is 5.59. The molecule has 0 aliphatic carbocycles. The highest BCUT2D eigenvalue weighted by Crippen LogP contribution is 2.19. The number of aromatic nitrogens is 1. The third-order valence-corrected chi connectivity index (χ3v) is 3.11. The lowest BCUT2D eigenvalue weighted by Gasteiger charge is -2.29. The van der Waals surface area contributed by atoms with Crippen LogP contribution < -0.4 is 10.5 Å². The van der Waals surface area contributed by atoms with Gasteiger partial charge in [-0.3, -0.25) is 4.79 Å². The first-order valence-corrected chi connectivity index (χ1v) is 5.58. The van der Waals surface area contributed by atoms with Crippen LogP contribution in [0, 0.1) is 18.3 Å². The highest BCUT2D eigenvalue weighted by Gasteiger charge is 2.18. The SMILES string of the molecule is Cc1cc(N2CCOCC2)c(C#N)c(=O)n1C. The summed E-state index contributed by atoms with van der Waals surface area (Å²) in [4.78, 5) is 14.0. The Morgan fingerprint density at radius 2 is 2.06 bits per heavy atom. The number of rotatable bonds is 1. The van der Waals surface area contributed by atoms with E-state index in [1.807, 2.05) is 24.0 Å². The molecule has 0 spiro atoms. The van der Waals surface area contributed by atoms with E-state index in [1.54, 1.807) is 7.05 Å². The third kappa shape index (κ3) is 2.04. The van der Waals surface area contributed by atoms with Crippen LogP contribution in [-0.2, 0) is 11.8 Å². The number of hydrogen-bond acceptors (Lipinski definition) is 4. The second-order valence-electron chi connectivity index (χ2n) is 4.12. The lowest BCUT2D eigenvalue weighted by molar-refractivity contribution is 0.122. The van der Waals surface area contributed by atoms with Crippen molar-refractivity contribution in [2.45, 2.75) is 6.92 Å². The Balaban J connectivity index is 2.53. The van der Waals surface area contributed by atoms with Crippen LogP contribution in [0.1, 0.15) is 11.3 Å². The van der Waals surface area contributed by atoms with Crippen LogP contribution in [0.5, 0.6) is 0 Å². The summed E-state index contributed by atoms with van der Waals surface area (Å²) in [6.07, 6.45) is 0. The molecule has 0 bridgehead atoms. The van der Waals surface area contributed by atoms with Gasteiger partial charge in [0, 0.05) is 25.8 Å². The summed E-state index contributed by atoms with van der Waals surface area (Å²) in [7, 11) is 1.68. The minimum absolute atomic E-state index is 0.222. The zero-order valence-electron chi connectivity index (χ0n) is 10.1. The van der Waals surface area contributed by atoms with Crippen molar-refractivity contribution in [1.29, 1.82) is 5.26 Å². The number of pyridine rings is 1. The molecule has 0 amide bonds. The van der Waals surface area contributed by atoms with Gasteiger partial charge in [0.15, 0.2) is 0 Å². The number of aryl methyl sites for hydroxylation is 1. The van der Waals surface area contributed by atoms with Gasteiger partial charge in [-0.2, -0.15) is 5.26 Å². The number of nitrogens with zero attached hydrogens (tertiary/aromatic N) is 3. The molecule has 0 aromatic carbocycles. The van der Waals surface area contributed by atoms with Crippen molar-refractivity contribution in [3.05, 3.63) is 27.7 Å². The second-order valence-corrected chi connectivity index (χ2v) is 4.12. The molecule has 0 saturated carbocycles. The van der Waals surface area contributed by atoms with Crippen molar-refractivity contribution < 1.29 is 4.74 Å². The maximum Gasteiger partial charge on any atom is 0.270 e. The van der Waals surface area contributed by atoms with Crippen LogP contribution in [0.15, 0.2) is 10.9 Å². The van der Waals surface area contributed by atoms with E-state index < -0.39 is 0 Å². The van der Waals surface area contributed by atoms with Crippen molar-refractivity contribution in [3.8, 4) is 6.07 Å². The monoisotopic (exact) mass is 233 g/mol. The van der Waals surface area contributed by atoms with E-state index in [-0.39, 0.29) is 11.1 Å². The molecule has 1 aliphatic rings. The predicted octanol–water partition coefficient (Wildman–Crippen LogP) is 0.402. The van der Waals surface area contributed by atoms with E-state index >= 15 is 0 Å². The van der Waals surface area contributed by atoms with E-state index in [9.17, 15) is 4.79 Å². The van der Waals surface area contributed by atoms with Gasteiger partial charge in [0.25, 0.3) is 5.56 Å². The topological polar surface area (TPSA) is 58.3 Å². The van der Waals surface area contributed by atoms with Crippen LogP contribution in [0.2, 0.25) is 0 Å². The van der Waals surface area contributed by atoms with E-state index in [2.05, 4.69) is 0 Å². The zero-order valence-corrected chi connectivity index (χ0v) is 10.1. The Labute approximate surface area is 99.8 Å². The highest BCUT2D eigenvalue weighted by atomic mass is 16.5. The first-order chi connectivity index (χ1) is 8.15. The summed E-state index contributed by atoms with van der Waals surface area (Å²) in [6, 6.07) is 3.91. The summed E-state index contributed by atoms with van der Waals surface area (Å²) < 4.78 is 6.77. The van der Waals surface area contributed by atoms with E-state index in [1.165, 1.54) is 4.57 Å². The largest absolute Gasteiger partial charge is 0.378 e. The van der Waals surface area contributed by atoms with Crippen molar-refractivity contribution in [2.24, 2.45) is 7.05 Å². The first kappa shape index (κ1) is 11.7. The number of morpholine rings is 1.